The Morgan fingerprint density at radius 2 is 0.697 bits per heavy atom. The average molecular weight is 526 g/mol. The van der Waals surface area contributed by atoms with E-state index in [9.17, 15) is 10.2 Å². The van der Waals surface area contributed by atoms with Gasteiger partial charge in [0.15, 0.2) is 0 Å². The molecule has 3 heteroatoms. The molecule has 0 aromatic heterocycles. The van der Waals surface area contributed by atoms with Gasteiger partial charge < -0.3 is 10.2 Å². The fraction of sp³-hybridized carbons (Fsp3) is 0.600. The zero-order chi connectivity index (χ0) is 23.3. The van der Waals surface area contributed by atoms with Crippen molar-refractivity contribution in [3.63, 3.8) is 0 Å². The van der Waals surface area contributed by atoms with Crippen LogP contribution < -0.4 is 10.2 Å². The molecule has 33 heavy (non-hydrogen) atoms. The van der Waals surface area contributed by atoms with E-state index in [1.54, 1.807) is 24.3 Å². The van der Waals surface area contributed by atoms with Crippen LogP contribution in [-0.2, 0) is 12.8 Å². The van der Waals surface area contributed by atoms with Crippen molar-refractivity contribution in [1.29, 1.82) is 0 Å². The second-order valence-corrected chi connectivity index (χ2v) is 9.03. The van der Waals surface area contributed by atoms with E-state index in [1.807, 2.05) is 24.3 Å². The molecule has 2 aromatic rings. The molecule has 2 aromatic carbocycles. The summed E-state index contributed by atoms with van der Waals surface area (Å²) in [5, 5.41) is 21.8. The van der Waals surface area contributed by atoms with Gasteiger partial charge in [0.25, 0.3) is 0 Å². The summed E-state index contributed by atoms with van der Waals surface area (Å²) in [6.45, 7) is 4.50. The largest absolute Gasteiger partial charge is 2.00 e. The fourth-order valence-corrected chi connectivity index (χ4v) is 3.88. The Bertz CT molecular complexity index is 593. The van der Waals surface area contributed by atoms with Crippen molar-refractivity contribution in [2.24, 2.45) is 0 Å². The number of hydrogen-bond donors (Lipinski definition) is 0. The Labute approximate surface area is 241 Å². The first-order chi connectivity index (χ1) is 15.7. The van der Waals surface area contributed by atoms with Gasteiger partial charge in [-0.2, -0.15) is 0 Å². The van der Waals surface area contributed by atoms with Gasteiger partial charge in [-0.05, 0) is 36.8 Å². The third-order valence-electron chi connectivity index (χ3n) is 5.98. The van der Waals surface area contributed by atoms with Gasteiger partial charge in [0.05, 0.1) is 0 Å². The van der Waals surface area contributed by atoms with E-state index in [4.69, 9.17) is 0 Å². The summed E-state index contributed by atoms with van der Waals surface area (Å²) in [5.74, 6) is 0.228. The molecule has 0 amide bonds. The molecule has 2 rings (SSSR count). The fourth-order valence-electron chi connectivity index (χ4n) is 3.88. The van der Waals surface area contributed by atoms with Gasteiger partial charge in [0, 0.05) is 0 Å². The van der Waals surface area contributed by atoms with Crippen LogP contribution in [0, 0.1) is 0 Å². The number of unbranched alkanes of at least 4 members (excludes halogenated alkanes) is 12. The van der Waals surface area contributed by atoms with E-state index >= 15 is 0 Å². The van der Waals surface area contributed by atoms with Crippen molar-refractivity contribution in [2.75, 3.05) is 0 Å². The average Bonchev–Trinajstić information content (AvgIpc) is 2.81. The van der Waals surface area contributed by atoms with Gasteiger partial charge in [0.1, 0.15) is 0 Å². The summed E-state index contributed by atoms with van der Waals surface area (Å²) in [6, 6.07) is 14.5. The summed E-state index contributed by atoms with van der Waals surface area (Å²) >= 11 is 0. The van der Waals surface area contributed by atoms with E-state index in [1.165, 1.54) is 101 Å². The Hall–Kier alpha value is -0.479. The van der Waals surface area contributed by atoms with Gasteiger partial charge in [-0.15, -0.1) is 11.5 Å². The van der Waals surface area contributed by atoms with Gasteiger partial charge in [-0.1, -0.05) is 139 Å². The standard InChI is InChI=1S/2C15H24O.Sr/c2*1-2-3-4-5-6-7-8-9-14-10-12-15(16)13-11-14;/h2*10-13,16H,2-9H2,1H3;/q;;+2/p-2. The van der Waals surface area contributed by atoms with Crippen LogP contribution in [0.3, 0.4) is 0 Å². The molecule has 0 radical (unpaired) electrons. The minimum Gasteiger partial charge on any atom is -0.872 e. The molecule has 0 heterocycles. The normalized spacial score (nSPS) is 10.2. The molecule has 0 aliphatic heterocycles. The van der Waals surface area contributed by atoms with Crippen LogP contribution >= 0.6 is 0 Å². The molecule has 0 saturated heterocycles. The molecular weight excluding hydrogens is 480 g/mol. The topological polar surface area (TPSA) is 46.1 Å². The minimum absolute atomic E-state index is 0. The summed E-state index contributed by atoms with van der Waals surface area (Å²) in [4.78, 5) is 0. The van der Waals surface area contributed by atoms with Crippen molar-refractivity contribution < 1.29 is 10.2 Å². The number of aryl methyl sites for hydroxylation is 2. The molecule has 180 valence electrons. The van der Waals surface area contributed by atoms with Crippen LogP contribution in [0.15, 0.2) is 48.5 Å². The van der Waals surface area contributed by atoms with Crippen LogP contribution in [0.2, 0.25) is 0 Å². The van der Waals surface area contributed by atoms with E-state index < -0.39 is 0 Å². The van der Waals surface area contributed by atoms with E-state index in [0.717, 1.165) is 12.8 Å². The third-order valence-corrected chi connectivity index (χ3v) is 5.98. The number of benzene rings is 2. The summed E-state index contributed by atoms with van der Waals surface area (Å²) in [6.07, 6.45) is 21.1. The molecule has 0 unspecified atom stereocenters. The predicted octanol–water partition coefficient (Wildman–Crippen LogP) is 7.73. The van der Waals surface area contributed by atoms with E-state index in [0.29, 0.717) is 0 Å². The molecule has 0 bridgehead atoms. The first-order valence-electron chi connectivity index (χ1n) is 13.2. The molecule has 0 atom stereocenters. The Kier molecular flexibility index (Phi) is 22.9. The zero-order valence-corrected chi connectivity index (χ0v) is 24.9. The quantitative estimate of drug-likeness (QED) is 0.166. The monoisotopic (exact) mass is 526 g/mol. The Balaban J connectivity index is 0.000000602. The summed E-state index contributed by atoms with van der Waals surface area (Å²) < 4.78 is 0. The predicted molar refractivity (Wildman–Crippen MR) is 141 cm³/mol. The minimum atomic E-state index is 0. The van der Waals surface area contributed by atoms with Crippen LogP contribution in [-0.4, -0.2) is 45.5 Å². The van der Waals surface area contributed by atoms with Crippen LogP contribution in [0.25, 0.3) is 0 Å². The maximum Gasteiger partial charge on any atom is 2.00 e. The molecule has 0 N–H and O–H groups in total. The van der Waals surface area contributed by atoms with Crippen molar-refractivity contribution in [2.45, 2.75) is 117 Å². The van der Waals surface area contributed by atoms with Gasteiger partial charge in [-0.25, -0.2) is 0 Å². The smallest absolute Gasteiger partial charge is 0.872 e. The third kappa shape index (κ3) is 19.5. The second kappa shape index (κ2) is 23.3. The SMILES string of the molecule is CCCCCCCCCc1ccc([O-])cc1.CCCCCCCCCc1ccc([O-])cc1.[Sr+2]. The van der Waals surface area contributed by atoms with Gasteiger partial charge in [0.2, 0.25) is 0 Å². The van der Waals surface area contributed by atoms with Gasteiger partial charge >= 0.3 is 45.5 Å². The Morgan fingerprint density at radius 1 is 0.424 bits per heavy atom. The zero-order valence-electron chi connectivity index (χ0n) is 21.5. The van der Waals surface area contributed by atoms with Crippen molar-refractivity contribution in [1.82, 2.24) is 0 Å². The first-order valence-corrected chi connectivity index (χ1v) is 13.2. The molecule has 2 nitrogen and oxygen atoms in total. The van der Waals surface area contributed by atoms with Crippen molar-refractivity contribution in [3.05, 3.63) is 59.7 Å². The number of hydrogen-bond acceptors (Lipinski definition) is 2. The van der Waals surface area contributed by atoms with Crippen LogP contribution in [0.5, 0.6) is 11.5 Å². The van der Waals surface area contributed by atoms with E-state index in [2.05, 4.69) is 13.8 Å². The molecule has 0 spiro atoms. The maximum absolute atomic E-state index is 10.9. The maximum atomic E-state index is 10.9. The summed E-state index contributed by atoms with van der Waals surface area (Å²) in [5.41, 5.74) is 2.60. The molecule has 0 aliphatic rings. The van der Waals surface area contributed by atoms with E-state index in [-0.39, 0.29) is 57.0 Å². The second-order valence-electron chi connectivity index (χ2n) is 9.03. The molecule has 0 saturated carbocycles. The molecular formula is C30H46O2Sr. The van der Waals surface area contributed by atoms with Gasteiger partial charge in [-0.3, -0.25) is 0 Å². The summed E-state index contributed by atoms with van der Waals surface area (Å²) in [7, 11) is 0. The molecule has 0 aliphatic carbocycles. The van der Waals surface area contributed by atoms with Crippen molar-refractivity contribution in [3.8, 4) is 11.5 Å². The van der Waals surface area contributed by atoms with Crippen LogP contribution in [0.4, 0.5) is 0 Å². The number of rotatable bonds is 16. The Morgan fingerprint density at radius 3 is 1.00 bits per heavy atom. The van der Waals surface area contributed by atoms with Crippen molar-refractivity contribution >= 4 is 45.5 Å². The van der Waals surface area contributed by atoms with Crippen LogP contribution in [0.1, 0.15) is 115 Å². The molecule has 0 fully saturated rings. The first kappa shape index (κ1) is 32.5.